The number of nitrogens with one attached hydrogen (secondary N) is 1. The Hall–Kier alpha value is -2.56. The first-order valence-corrected chi connectivity index (χ1v) is 8.34. The van der Waals surface area contributed by atoms with E-state index in [9.17, 15) is 4.79 Å². The summed E-state index contributed by atoms with van der Waals surface area (Å²) in [6, 6.07) is 13.3. The summed E-state index contributed by atoms with van der Waals surface area (Å²) < 4.78 is 5.51. The quantitative estimate of drug-likeness (QED) is 0.762. The molecule has 5 nitrogen and oxygen atoms in total. The van der Waals surface area contributed by atoms with Crippen LogP contribution < -0.4 is 15.0 Å². The highest BCUT2D eigenvalue weighted by Gasteiger charge is 2.05. The largest absolute Gasteiger partial charge is 0.493 e. The van der Waals surface area contributed by atoms with Gasteiger partial charge in [0.05, 0.1) is 24.9 Å². The van der Waals surface area contributed by atoms with Crippen LogP contribution >= 0.6 is 0 Å². The predicted octanol–water partition coefficient (Wildman–Crippen LogP) is 3.73. The maximum Gasteiger partial charge on any atom is 0.228 e. The standard InChI is InChI=1S/C19H25N3O2/c1-3-4-13-22(2)16-10-11-18(20-15-16)21-19(23)12-14-24-17-8-6-5-7-9-17/h5-11,15H,3-4,12-14H2,1-2H3,(H,20,21,23). The number of benzene rings is 1. The molecular weight excluding hydrogens is 302 g/mol. The average molecular weight is 327 g/mol. The molecule has 2 aromatic rings. The number of pyridine rings is 1. The van der Waals surface area contributed by atoms with E-state index in [1.54, 1.807) is 6.20 Å². The van der Waals surface area contributed by atoms with Gasteiger partial charge in [-0.1, -0.05) is 31.5 Å². The topological polar surface area (TPSA) is 54.5 Å². The van der Waals surface area contributed by atoms with Crippen LogP contribution in [0.25, 0.3) is 0 Å². The van der Waals surface area contributed by atoms with Crippen molar-refractivity contribution in [3.63, 3.8) is 0 Å². The molecule has 0 radical (unpaired) electrons. The van der Waals surface area contributed by atoms with Crippen molar-refractivity contribution >= 4 is 17.4 Å². The zero-order chi connectivity index (χ0) is 17.2. The SMILES string of the molecule is CCCCN(C)c1ccc(NC(=O)CCOc2ccccc2)nc1. The minimum atomic E-state index is -0.106. The van der Waals surface area contributed by atoms with Crippen LogP contribution in [0, 0.1) is 0 Å². The van der Waals surface area contributed by atoms with Gasteiger partial charge >= 0.3 is 0 Å². The highest BCUT2D eigenvalue weighted by Crippen LogP contribution is 2.14. The summed E-state index contributed by atoms with van der Waals surface area (Å²) in [5.74, 6) is 1.22. The van der Waals surface area contributed by atoms with E-state index in [0.717, 1.165) is 30.8 Å². The first-order valence-electron chi connectivity index (χ1n) is 8.34. The summed E-state index contributed by atoms with van der Waals surface area (Å²) in [5, 5.41) is 2.79. The van der Waals surface area contributed by atoms with E-state index in [4.69, 9.17) is 4.74 Å². The van der Waals surface area contributed by atoms with Gasteiger partial charge in [0.25, 0.3) is 0 Å². The number of para-hydroxylation sites is 1. The summed E-state index contributed by atoms with van der Waals surface area (Å²) in [7, 11) is 2.05. The van der Waals surface area contributed by atoms with Crippen LogP contribution in [-0.4, -0.2) is 31.1 Å². The number of unbranched alkanes of at least 4 members (excludes halogenated alkanes) is 1. The van der Waals surface area contributed by atoms with Crippen LogP contribution in [0.15, 0.2) is 48.7 Å². The van der Waals surface area contributed by atoms with E-state index in [1.165, 1.54) is 0 Å². The third-order valence-corrected chi connectivity index (χ3v) is 3.64. The van der Waals surface area contributed by atoms with Gasteiger partial charge in [-0.15, -0.1) is 0 Å². The van der Waals surface area contributed by atoms with E-state index >= 15 is 0 Å². The third-order valence-electron chi connectivity index (χ3n) is 3.64. The summed E-state index contributed by atoms with van der Waals surface area (Å²) >= 11 is 0. The summed E-state index contributed by atoms with van der Waals surface area (Å²) in [6.07, 6.45) is 4.38. The average Bonchev–Trinajstić information content (AvgIpc) is 2.61. The van der Waals surface area contributed by atoms with Crippen molar-refractivity contribution in [2.75, 3.05) is 30.4 Å². The minimum absolute atomic E-state index is 0.106. The fourth-order valence-corrected chi connectivity index (χ4v) is 2.19. The second kappa shape index (κ2) is 9.55. The molecule has 1 aromatic heterocycles. The van der Waals surface area contributed by atoms with Crippen molar-refractivity contribution in [3.8, 4) is 5.75 Å². The Bertz CT molecular complexity index is 614. The maximum absolute atomic E-state index is 11.9. The van der Waals surface area contributed by atoms with Crippen LogP contribution in [0.1, 0.15) is 26.2 Å². The zero-order valence-electron chi connectivity index (χ0n) is 14.4. The number of ether oxygens (including phenoxy) is 1. The Morgan fingerprint density at radius 1 is 1.21 bits per heavy atom. The fraction of sp³-hybridized carbons (Fsp3) is 0.368. The van der Waals surface area contributed by atoms with E-state index in [0.29, 0.717) is 12.4 Å². The number of hydrogen-bond donors (Lipinski definition) is 1. The predicted molar refractivity (Wildman–Crippen MR) is 97.6 cm³/mol. The molecule has 0 unspecified atom stereocenters. The molecule has 1 heterocycles. The molecule has 24 heavy (non-hydrogen) atoms. The molecule has 5 heteroatoms. The molecule has 0 aliphatic heterocycles. The van der Waals surface area contributed by atoms with Crippen molar-refractivity contribution in [2.24, 2.45) is 0 Å². The summed E-state index contributed by atoms with van der Waals surface area (Å²) in [6.45, 7) is 3.51. The number of aromatic nitrogens is 1. The molecule has 1 amide bonds. The Labute approximate surface area is 143 Å². The fourth-order valence-electron chi connectivity index (χ4n) is 2.19. The minimum Gasteiger partial charge on any atom is -0.493 e. The van der Waals surface area contributed by atoms with Gasteiger partial charge in [-0.05, 0) is 30.7 Å². The number of rotatable bonds is 9. The Morgan fingerprint density at radius 2 is 2.00 bits per heavy atom. The first-order chi connectivity index (χ1) is 11.7. The van der Waals surface area contributed by atoms with Gasteiger partial charge < -0.3 is 15.0 Å². The molecular formula is C19H25N3O2. The molecule has 128 valence electrons. The van der Waals surface area contributed by atoms with E-state index in [-0.39, 0.29) is 12.3 Å². The van der Waals surface area contributed by atoms with Crippen LogP contribution in [0.2, 0.25) is 0 Å². The Balaban J connectivity index is 1.75. The summed E-state index contributed by atoms with van der Waals surface area (Å²) in [5.41, 5.74) is 1.05. The molecule has 2 rings (SSSR count). The van der Waals surface area contributed by atoms with Crippen molar-refractivity contribution in [3.05, 3.63) is 48.7 Å². The van der Waals surface area contributed by atoms with Gasteiger partial charge in [0.2, 0.25) is 5.91 Å². The smallest absolute Gasteiger partial charge is 0.228 e. The lowest BCUT2D eigenvalue weighted by molar-refractivity contribution is -0.116. The lowest BCUT2D eigenvalue weighted by Crippen LogP contribution is -2.19. The van der Waals surface area contributed by atoms with Gasteiger partial charge in [0, 0.05) is 13.6 Å². The van der Waals surface area contributed by atoms with Gasteiger partial charge in [-0.25, -0.2) is 4.98 Å². The lowest BCUT2D eigenvalue weighted by atomic mass is 10.3. The molecule has 1 N–H and O–H groups in total. The van der Waals surface area contributed by atoms with E-state index < -0.39 is 0 Å². The molecule has 0 bridgehead atoms. The molecule has 1 aromatic carbocycles. The molecule has 0 aliphatic carbocycles. The van der Waals surface area contributed by atoms with Gasteiger partial charge in [0.1, 0.15) is 11.6 Å². The molecule has 0 fully saturated rings. The monoisotopic (exact) mass is 327 g/mol. The van der Waals surface area contributed by atoms with E-state index in [2.05, 4.69) is 22.1 Å². The molecule has 0 saturated heterocycles. The third kappa shape index (κ3) is 5.91. The van der Waals surface area contributed by atoms with Gasteiger partial charge in [-0.2, -0.15) is 0 Å². The van der Waals surface area contributed by atoms with Crippen molar-refractivity contribution in [2.45, 2.75) is 26.2 Å². The molecule has 0 atom stereocenters. The molecule has 0 saturated carbocycles. The lowest BCUT2D eigenvalue weighted by Gasteiger charge is -2.18. The molecule has 0 spiro atoms. The first kappa shape index (κ1) is 17.8. The zero-order valence-corrected chi connectivity index (χ0v) is 14.4. The second-order valence-electron chi connectivity index (χ2n) is 5.64. The van der Waals surface area contributed by atoms with Crippen LogP contribution in [0.5, 0.6) is 5.75 Å². The number of carbonyl (C=O) groups is 1. The van der Waals surface area contributed by atoms with Gasteiger partial charge in [0.15, 0.2) is 0 Å². The highest BCUT2D eigenvalue weighted by atomic mass is 16.5. The number of anilines is 2. The molecule has 0 aliphatic rings. The van der Waals surface area contributed by atoms with Crippen LogP contribution in [0.4, 0.5) is 11.5 Å². The number of amides is 1. The number of nitrogens with zero attached hydrogens (tertiary/aromatic N) is 2. The van der Waals surface area contributed by atoms with Gasteiger partial charge in [-0.3, -0.25) is 4.79 Å². The van der Waals surface area contributed by atoms with Crippen LogP contribution in [0.3, 0.4) is 0 Å². The van der Waals surface area contributed by atoms with Crippen LogP contribution in [-0.2, 0) is 4.79 Å². The van der Waals surface area contributed by atoms with E-state index in [1.807, 2.05) is 49.5 Å². The highest BCUT2D eigenvalue weighted by molar-refractivity contribution is 5.89. The summed E-state index contributed by atoms with van der Waals surface area (Å²) in [4.78, 5) is 18.4. The maximum atomic E-state index is 11.9. The number of hydrogen-bond acceptors (Lipinski definition) is 4. The Kier molecular flexibility index (Phi) is 7.08. The van der Waals surface area contributed by atoms with Crippen molar-refractivity contribution in [1.29, 1.82) is 0 Å². The van der Waals surface area contributed by atoms with Crippen molar-refractivity contribution in [1.82, 2.24) is 4.98 Å². The normalized spacial score (nSPS) is 10.2. The second-order valence-corrected chi connectivity index (χ2v) is 5.64. The Morgan fingerprint density at radius 3 is 2.67 bits per heavy atom. The number of carbonyl (C=O) groups excluding carboxylic acids is 1. The van der Waals surface area contributed by atoms with Crippen molar-refractivity contribution < 1.29 is 9.53 Å².